The third-order valence-corrected chi connectivity index (χ3v) is 4.10. The zero-order chi connectivity index (χ0) is 15.4. The third kappa shape index (κ3) is 3.70. The van der Waals surface area contributed by atoms with Crippen LogP contribution in [0.15, 0.2) is 40.9 Å². The van der Waals surface area contributed by atoms with Crippen LogP contribution in [-0.2, 0) is 0 Å². The Morgan fingerprint density at radius 1 is 1.05 bits per heavy atom. The fourth-order valence-corrected chi connectivity index (χ4v) is 2.84. The molecule has 0 spiro atoms. The van der Waals surface area contributed by atoms with Gasteiger partial charge in [0.05, 0.1) is 20.3 Å². The van der Waals surface area contributed by atoms with E-state index in [0.717, 1.165) is 27.1 Å². The van der Waals surface area contributed by atoms with Gasteiger partial charge in [-0.1, -0.05) is 27.5 Å². The first-order valence-electron chi connectivity index (χ1n) is 6.44. The Bertz CT molecular complexity index is 611. The van der Waals surface area contributed by atoms with Gasteiger partial charge in [-0.15, -0.1) is 0 Å². The molecular weight excluding hydrogens is 354 g/mol. The van der Waals surface area contributed by atoms with Crippen molar-refractivity contribution in [3.8, 4) is 11.5 Å². The van der Waals surface area contributed by atoms with E-state index >= 15 is 0 Å². The lowest BCUT2D eigenvalue weighted by Gasteiger charge is -2.20. The van der Waals surface area contributed by atoms with Crippen molar-refractivity contribution in [3.63, 3.8) is 0 Å². The van der Waals surface area contributed by atoms with Crippen LogP contribution in [0.2, 0.25) is 5.02 Å². The molecule has 112 valence electrons. The summed E-state index contributed by atoms with van der Waals surface area (Å²) in [6.07, 6.45) is 0. The molecule has 0 aliphatic rings. The van der Waals surface area contributed by atoms with Crippen molar-refractivity contribution in [2.45, 2.75) is 6.04 Å². The molecule has 2 aromatic rings. The van der Waals surface area contributed by atoms with Crippen LogP contribution in [-0.4, -0.2) is 21.3 Å². The number of hydrogen-bond acceptors (Lipinski definition) is 3. The molecule has 0 saturated heterocycles. The summed E-state index contributed by atoms with van der Waals surface area (Å²) in [4.78, 5) is 0. The number of benzene rings is 2. The molecule has 0 bridgehead atoms. The van der Waals surface area contributed by atoms with Gasteiger partial charge in [0.2, 0.25) is 0 Å². The summed E-state index contributed by atoms with van der Waals surface area (Å²) in [5, 5.41) is 4.00. The molecule has 3 nitrogen and oxygen atoms in total. The lowest BCUT2D eigenvalue weighted by Crippen LogP contribution is -2.18. The molecule has 0 aliphatic carbocycles. The van der Waals surface area contributed by atoms with Crippen LogP contribution in [0, 0.1) is 0 Å². The van der Waals surface area contributed by atoms with Crippen LogP contribution in [0.5, 0.6) is 11.5 Å². The first-order chi connectivity index (χ1) is 10.1. The SMILES string of the molecule is CNC(c1cc(OC)cc(OC)c1)c1cc(Br)ccc1Cl. The van der Waals surface area contributed by atoms with E-state index in [2.05, 4.69) is 21.2 Å². The van der Waals surface area contributed by atoms with E-state index in [0.29, 0.717) is 5.02 Å². The highest BCUT2D eigenvalue weighted by Gasteiger charge is 2.17. The maximum atomic E-state index is 6.34. The quantitative estimate of drug-likeness (QED) is 0.844. The summed E-state index contributed by atoms with van der Waals surface area (Å²) in [6.45, 7) is 0. The number of nitrogens with one attached hydrogen (secondary N) is 1. The predicted octanol–water partition coefficient (Wildman–Crippen LogP) is 4.43. The first kappa shape index (κ1) is 16.1. The maximum absolute atomic E-state index is 6.34. The highest BCUT2D eigenvalue weighted by Crippen LogP contribution is 2.34. The molecule has 1 N–H and O–H groups in total. The van der Waals surface area contributed by atoms with Crippen molar-refractivity contribution < 1.29 is 9.47 Å². The molecule has 0 saturated carbocycles. The molecule has 0 amide bonds. The molecule has 1 unspecified atom stereocenters. The monoisotopic (exact) mass is 369 g/mol. The number of hydrogen-bond donors (Lipinski definition) is 1. The standard InChI is InChI=1S/C16H17BrClNO2/c1-19-16(14-8-11(17)4-5-15(14)18)10-6-12(20-2)9-13(7-10)21-3/h4-9,16,19H,1-3H3. The van der Waals surface area contributed by atoms with E-state index in [1.807, 2.05) is 43.4 Å². The number of methoxy groups -OCH3 is 2. The maximum Gasteiger partial charge on any atom is 0.122 e. The van der Waals surface area contributed by atoms with Gasteiger partial charge in [0.1, 0.15) is 11.5 Å². The molecule has 5 heteroatoms. The second kappa shape index (κ2) is 7.16. The van der Waals surface area contributed by atoms with Crippen LogP contribution < -0.4 is 14.8 Å². The van der Waals surface area contributed by atoms with E-state index in [1.54, 1.807) is 14.2 Å². The summed E-state index contributed by atoms with van der Waals surface area (Å²) in [6, 6.07) is 11.5. The van der Waals surface area contributed by atoms with Gasteiger partial charge in [0.25, 0.3) is 0 Å². The van der Waals surface area contributed by atoms with Crippen LogP contribution in [0.3, 0.4) is 0 Å². The molecule has 2 aromatic carbocycles. The summed E-state index contributed by atoms with van der Waals surface area (Å²) in [5.74, 6) is 1.49. The number of halogens is 2. The van der Waals surface area contributed by atoms with Crippen LogP contribution in [0.25, 0.3) is 0 Å². The van der Waals surface area contributed by atoms with Gasteiger partial charge in [0, 0.05) is 15.6 Å². The smallest absolute Gasteiger partial charge is 0.122 e. The summed E-state index contributed by atoms with van der Waals surface area (Å²) in [7, 11) is 5.17. The first-order valence-corrected chi connectivity index (χ1v) is 7.61. The second-order valence-electron chi connectivity index (χ2n) is 4.53. The summed E-state index contributed by atoms with van der Waals surface area (Å²) >= 11 is 9.83. The topological polar surface area (TPSA) is 30.5 Å². The Balaban J connectivity index is 2.52. The molecule has 0 radical (unpaired) electrons. The van der Waals surface area contributed by atoms with Gasteiger partial charge in [-0.05, 0) is 48.5 Å². The van der Waals surface area contributed by atoms with E-state index < -0.39 is 0 Å². The Labute approximate surface area is 138 Å². The number of rotatable bonds is 5. The van der Waals surface area contributed by atoms with Crippen molar-refractivity contribution in [1.29, 1.82) is 0 Å². The predicted molar refractivity (Wildman–Crippen MR) is 89.6 cm³/mol. The minimum atomic E-state index is -0.0565. The molecule has 21 heavy (non-hydrogen) atoms. The molecule has 0 heterocycles. The lowest BCUT2D eigenvalue weighted by atomic mass is 9.98. The second-order valence-corrected chi connectivity index (χ2v) is 5.86. The molecular formula is C16H17BrClNO2. The minimum absolute atomic E-state index is 0.0565. The van der Waals surface area contributed by atoms with Gasteiger partial charge < -0.3 is 14.8 Å². The molecule has 2 rings (SSSR count). The van der Waals surface area contributed by atoms with E-state index in [9.17, 15) is 0 Å². The lowest BCUT2D eigenvalue weighted by molar-refractivity contribution is 0.392. The van der Waals surface area contributed by atoms with E-state index in [4.69, 9.17) is 21.1 Å². The average molecular weight is 371 g/mol. The molecule has 0 aliphatic heterocycles. The average Bonchev–Trinajstić information content (AvgIpc) is 2.51. The van der Waals surface area contributed by atoms with Crippen LogP contribution >= 0.6 is 27.5 Å². The Morgan fingerprint density at radius 3 is 2.19 bits per heavy atom. The van der Waals surface area contributed by atoms with Gasteiger partial charge in [0.15, 0.2) is 0 Å². The van der Waals surface area contributed by atoms with Gasteiger partial charge in [-0.2, -0.15) is 0 Å². The Morgan fingerprint density at radius 2 is 1.67 bits per heavy atom. The highest BCUT2D eigenvalue weighted by atomic mass is 79.9. The molecule has 1 atom stereocenters. The van der Waals surface area contributed by atoms with Crippen LogP contribution in [0.4, 0.5) is 0 Å². The van der Waals surface area contributed by atoms with E-state index in [1.165, 1.54) is 0 Å². The third-order valence-electron chi connectivity index (χ3n) is 3.26. The van der Waals surface area contributed by atoms with Crippen molar-refractivity contribution in [2.75, 3.05) is 21.3 Å². The van der Waals surface area contributed by atoms with Crippen LogP contribution in [0.1, 0.15) is 17.2 Å². The summed E-state index contributed by atoms with van der Waals surface area (Å²) < 4.78 is 11.6. The largest absolute Gasteiger partial charge is 0.497 e. The zero-order valence-corrected chi connectivity index (χ0v) is 14.5. The van der Waals surface area contributed by atoms with Gasteiger partial charge in [-0.25, -0.2) is 0 Å². The fourth-order valence-electron chi connectivity index (χ4n) is 2.23. The van der Waals surface area contributed by atoms with E-state index in [-0.39, 0.29) is 6.04 Å². The van der Waals surface area contributed by atoms with Gasteiger partial charge >= 0.3 is 0 Å². The number of ether oxygens (including phenoxy) is 2. The minimum Gasteiger partial charge on any atom is -0.497 e. The van der Waals surface area contributed by atoms with Crippen molar-refractivity contribution in [3.05, 3.63) is 57.0 Å². The Hall–Kier alpha value is -1.23. The van der Waals surface area contributed by atoms with Crippen molar-refractivity contribution >= 4 is 27.5 Å². The summed E-state index contributed by atoms with van der Waals surface area (Å²) in [5.41, 5.74) is 2.01. The Kier molecular flexibility index (Phi) is 5.51. The normalized spacial score (nSPS) is 12.0. The van der Waals surface area contributed by atoms with Crippen molar-refractivity contribution in [2.24, 2.45) is 0 Å². The van der Waals surface area contributed by atoms with Crippen molar-refractivity contribution in [1.82, 2.24) is 5.32 Å². The highest BCUT2D eigenvalue weighted by molar-refractivity contribution is 9.10. The fraction of sp³-hybridized carbons (Fsp3) is 0.250. The zero-order valence-electron chi connectivity index (χ0n) is 12.1. The molecule has 0 fully saturated rings. The van der Waals surface area contributed by atoms with Gasteiger partial charge in [-0.3, -0.25) is 0 Å². The molecule has 0 aromatic heterocycles.